The second-order valence-electron chi connectivity index (χ2n) is 5.24. The molecule has 0 heterocycles. The van der Waals surface area contributed by atoms with Crippen LogP contribution >= 0.6 is 0 Å². The van der Waals surface area contributed by atoms with E-state index in [0.717, 1.165) is 16.7 Å². The molecule has 0 saturated heterocycles. The molecule has 2 nitrogen and oxygen atoms in total. The van der Waals surface area contributed by atoms with Crippen LogP contribution in [0.1, 0.15) is 28.3 Å². The van der Waals surface area contributed by atoms with Gasteiger partial charge in [0, 0.05) is 0 Å². The molecule has 2 heteroatoms. The van der Waals surface area contributed by atoms with Crippen LogP contribution in [0.15, 0.2) is 54.6 Å². The van der Waals surface area contributed by atoms with E-state index in [1.165, 1.54) is 5.56 Å². The van der Waals surface area contributed by atoms with Gasteiger partial charge in [0.1, 0.15) is 0 Å². The second-order valence-corrected chi connectivity index (χ2v) is 5.24. The highest BCUT2D eigenvalue weighted by molar-refractivity contribution is 5.62. The quantitative estimate of drug-likeness (QED) is 0.817. The summed E-state index contributed by atoms with van der Waals surface area (Å²) in [5.41, 5.74) is 16.9. The minimum Gasteiger partial charge on any atom is -0.322 e. The predicted octanol–water partition coefficient (Wildman–Crippen LogP) is 2.88. The van der Waals surface area contributed by atoms with Crippen LogP contribution in [0.2, 0.25) is 0 Å². The molecule has 0 bridgehead atoms. The minimum atomic E-state index is -0.637. The topological polar surface area (TPSA) is 52.0 Å². The largest absolute Gasteiger partial charge is 0.322 e. The molecule has 1 aliphatic rings. The molecule has 1 aliphatic carbocycles. The number of nitrogens with two attached hydrogens (primary N) is 2. The maximum atomic E-state index is 6.58. The Hall–Kier alpha value is -1.90. The summed E-state index contributed by atoms with van der Waals surface area (Å²) >= 11 is 0. The molecular formula is C17H18N2. The first-order chi connectivity index (χ1) is 9.11. The van der Waals surface area contributed by atoms with Gasteiger partial charge in [-0.15, -0.1) is 0 Å². The van der Waals surface area contributed by atoms with Crippen molar-refractivity contribution in [1.29, 1.82) is 0 Å². The summed E-state index contributed by atoms with van der Waals surface area (Å²) in [6.07, 6.45) is 4.09. The summed E-state index contributed by atoms with van der Waals surface area (Å²) in [6.45, 7) is 2.07. The van der Waals surface area contributed by atoms with Gasteiger partial charge in [0.15, 0.2) is 0 Å². The highest BCUT2D eigenvalue weighted by atomic mass is 14.9. The van der Waals surface area contributed by atoms with Gasteiger partial charge in [0.2, 0.25) is 0 Å². The van der Waals surface area contributed by atoms with E-state index in [1.807, 2.05) is 18.2 Å². The van der Waals surface area contributed by atoms with Crippen LogP contribution in [-0.4, -0.2) is 0 Å². The Morgan fingerprint density at radius 2 is 1.68 bits per heavy atom. The molecule has 0 aliphatic heterocycles. The van der Waals surface area contributed by atoms with Crippen LogP contribution in [0.4, 0.5) is 0 Å². The molecule has 2 aromatic rings. The lowest BCUT2D eigenvalue weighted by atomic mass is 9.75. The zero-order valence-corrected chi connectivity index (χ0v) is 11.0. The van der Waals surface area contributed by atoms with Crippen molar-refractivity contribution in [3.05, 3.63) is 76.9 Å². The van der Waals surface area contributed by atoms with Crippen LogP contribution in [0.25, 0.3) is 6.08 Å². The smallest absolute Gasteiger partial charge is 0.0794 e. The van der Waals surface area contributed by atoms with Crippen molar-refractivity contribution < 1.29 is 0 Å². The fourth-order valence-electron chi connectivity index (χ4n) is 2.65. The summed E-state index contributed by atoms with van der Waals surface area (Å²) < 4.78 is 0. The molecule has 0 aromatic heterocycles. The van der Waals surface area contributed by atoms with E-state index in [1.54, 1.807) is 0 Å². The van der Waals surface area contributed by atoms with Crippen molar-refractivity contribution in [2.24, 2.45) is 11.5 Å². The Kier molecular flexibility index (Phi) is 2.77. The van der Waals surface area contributed by atoms with Gasteiger partial charge in [-0.2, -0.15) is 0 Å². The fourth-order valence-corrected chi connectivity index (χ4v) is 2.65. The summed E-state index contributed by atoms with van der Waals surface area (Å²) in [6, 6.07) is 16.2. The van der Waals surface area contributed by atoms with Crippen molar-refractivity contribution in [3.63, 3.8) is 0 Å². The number of fused-ring (bicyclic) bond motifs is 1. The number of benzene rings is 2. The van der Waals surface area contributed by atoms with Gasteiger partial charge in [-0.3, -0.25) is 0 Å². The lowest BCUT2D eigenvalue weighted by Gasteiger charge is -2.37. The summed E-state index contributed by atoms with van der Waals surface area (Å²) in [5.74, 6) is 0. The summed E-state index contributed by atoms with van der Waals surface area (Å²) in [4.78, 5) is 0. The third-order valence-electron chi connectivity index (χ3n) is 3.94. The maximum absolute atomic E-state index is 6.58. The Balaban J connectivity index is 2.10. The molecule has 4 N–H and O–H groups in total. The molecule has 2 unspecified atom stereocenters. The number of hydrogen-bond acceptors (Lipinski definition) is 2. The Morgan fingerprint density at radius 1 is 1.00 bits per heavy atom. The van der Waals surface area contributed by atoms with Gasteiger partial charge in [-0.05, 0) is 23.6 Å². The number of rotatable bonds is 1. The second kappa shape index (κ2) is 4.34. The first kappa shape index (κ1) is 12.2. The van der Waals surface area contributed by atoms with E-state index in [9.17, 15) is 0 Å². The number of aryl methyl sites for hydroxylation is 1. The summed E-state index contributed by atoms with van der Waals surface area (Å²) in [7, 11) is 0. The van der Waals surface area contributed by atoms with Crippen LogP contribution in [0, 0.1) is 6.92 Å². The Bertz CT molecular complexity index is 628. The van der Waals surface area contributed by atoms with Crippen molar-refractivity contribution in [3.8, 4) is 0 Å². The molecule has 0 radical (unpaired) electrons. The Morgan fingerprint density at radius 3 is 2.42 bits per heavy atom. The highest BCUT2D eigenvalue weighted by Crippen LogP contribution is 2.38. The molecule has 96 valence electrons. The van der Waals surface area contributed by atoms with E-state index in [-0.39, 0.29) is 6.04 Å². The van der Waals surface area contributed by atoms with E-state index in [4.69, 9.17) is 11.5 Å². The summed E-state index contributed by atoms with van der Waals surface area (Å²) in [5, 5.41) is 0. The van der Waals surface area contributed by atoms with Gasteiger partial charge in [-0.25, -0.2) is 0 Å². The van der Waals surface area contributed by atoms with Gasteiger partial charge in [0.25, 0.3) is 0 Å². The minimum absolute atomic E-state index is 0.226. The molecule has 2 atom stereocenters. The van der Waals surface area contributed by atoms with Gasteiger partial charge >= 0.3 is 0 Å². The normalized spacial score (nSPS) is 25.1. The third-order valence-corrected chi connectivity index (χ3v) is 3.94. The van der Waals surface area contributed by atoms with Gasteiger partial charge < -0.3 is 11.5 Å². The van der Waals surface area contributed by atoms with E-state index < -0.39 is 5.54 Å². The SMILES string of the molecule is Cc1ccc(C2(N)C=Cc3ccccc3C2N)cc1. The molecular weight excluding hydrogens is 232 g/mol. The van der Waals surface area contributed by atoms with Crippen molar-refractivity contribution >= 4 is 6.08 Å². The van der Waals surface area contributed by atoms with Crippen LogP contribution in [0.3, 0.4) is 0 Å². The van der Waals surface area contributed by atoms with Gasteiger partial charge in [0.05, 0.1) is 11.6 Å². The lowest BCUT2D eigenvalue weighted by Crippen LogP contribution is -2.46. The van der Waals surface area contributed by atoms with Crippen LogP contribution < -0.4 is 11.5 Å². The number of hydrogen-bond donors (Lipinski definition) is 2. The zero-order valence-electron chi connectivity index (χ0n) is 11.0. The molecule has 19 heavy (non-hydrogen) atoms. The van der Waals surface area contributed by atoms with E-state index in [0.29, 0.717) is 0 Å². The first-order valence-electron chi connectivity index (χ1n) is 6.51. The molecule has 0 fully saturated rings. The Labute approximate surface area is 113 Å². The fraction of sp³-hybridized carbons (Fsp3) is 0.176. The molecule has 0 saturated carbocycles. The molecule has 3 rings (SSSR count). The van der Waals surface area contributed by atoms with Crippen molar-refractivity contribution in [1.82, 2.24) is 0 Å². The molecule has 2 aromatic carbocycles. The van der Waals surface area contributed by atoms with Crippen LogP contribution in [0.5, 0.6) is 0 Å². The monoisotopic (exact) mass is 250 g/mol. The first-order valence-corrected chi connectivity index (χ1v) is 6.51. The van der Waals surface area contributed by atoms with E-state index >= 15 is 0 Å². The average molecular weight is 250 g/mol. The predicted molar refractivity (Wildman–Crippen MR) is 79.4 cm³/mol. The third kappa shape index (κ3) is 1.89. The molecule has 0 spiro atoms. The van der Waals surface area contributed by atoms with Crippen molar-refractivity contribution in [2.45, 2.75) is 18.5 Å². The lowest BCUT2D eigenvalue weighted by molar-refractivity contribution is 0.445. The highest BCUT2D eigenvalue weighted by Gasteiger charge is 2.36. The standard InChI is InChI=1S/C17H18N2/c1-12-6-8-14(9-7-12)17(19)11-10-13-4-2-3-5-15(13)16(17)18/h2-11,16H,18-19H2,1H3. The molecule has 0 amide bonds. The van der Waals surface area contributed by atoms with Crippen LogP contribution in [-0.2, 0) is 5.54 Å². The maximum Gasteiger partial charge on any atom is 0.0794 e. The van der Waals surface area contributed by atoms with Gasteiger partial charge in [-0.1, -0.05) is 66.2 Å². The van der Waals surface area contributed by atoms with Crippen molar-refractivity contribution in [2.75, 3.05) is 0 Å². The average Bonchev–Trinajstić information content (AvgIpc) is 2.44. The van der Waals surface area contributed by atoms with E-state index in [2.05, 4.69) is 49.4 Å². The zero-order chi connectivity index (χ0) is 13.5.